The number of hydrogen-bond acceptors (Lipinski definition) is 1. The minimum absolute atomic E-state index is 0.844. The van der Waals surface area contributed by atoms with E-state index >= 15 is 0 Å². The van der Waals surface area contributed by atoms with Crippen LogP contribution in [-0.4, -0.2) is 6.54 Å². The number of nitrogens with two attached hydrogens (primary N) is 1. The van der Waals surface area contributed by atoms with Gasteiger partial charge in [-0.2, -0.15) is 0 Å². The van der Waals surface area contributed by atoms with Crippen molar-refractivity contribution in [1.82, 2.24) is 0 Å². The molecule has 0 atom stereocenters. The van der Waals surface area contributed by atoms with Gasteiger partial charge >= 0.3 is 0 Å². The van der Waals surface area contributed by atoms with E-state index in [-0.39, 0.29) is 0 Å². The van der Waals surface area contributed by atoms with Crippen molar-refractivity contribution >= 4 is 0 Å². The average Bonchev–Trinajstić information content (AvgIpc) is 2.08. The van der Waals surface area contributed by atoms with Crippen LogP contribution in [0.25, 0.3) is 0 Å². The van der Waals surface area contributed by atoms with Gasteiger partial charge in [0, 0.05) is 0 Å². The molecular weight excluding hydrogens is 146 g/mol. The van der Waals surface area contributed by atoms with Gasteiger partial charge in [-0.1, -0.05) is 52.4 Å². The van der Waals surface area contributed by atoms with Crippen LogP contribution in [0.15, 0.2) is 0 Å². The first kappa shape index (κ1) is 12.0. The summed E-state index contributed by atoms with van der Waals surface area (Å²) in [4.78, 5) is 0. The lowest BCUT2D eigenvalue weighted by Crippen LogP contribution is -1.99. The van der Waals surface area contributed by atoms with Crippen molar-refractivity contribution in [2.75, 3.05) is 6.54 Å². The van der Waals surface area contributed by atoms with Gasteiger partial charge < -0.3 is 5.73 Å². The molecule has 0 unspecified atom stereocenters. The smallest absolute Gasteiger partial charge is 0.00774 e. The maximum Gasteiger partial charge on any atom is -0.00774 e. The molecule has 0 aromatic heterocycles. The van der Waals surface area contributed by atoms with Gasteiger partial charge in [0.25, 0.3) is 0 Å². The molecule has 0 heterocycles. The SMILES string of the molecule is CC1CCCCC1.CCCCN. The fourth-order valence-corrected chi connectivity index (χ4v) is 1.51. The Hall–Kier alpha value is -0.0400. The second kappa shape index (κ2) is 9.05. The van der Waals surface area contributed by atoms with Crippen LogP contribution in [0.4, 0.5) is 0 Å². The monoisotopic (exact) mass is 171 g/mol. The van der Waals surface area contributed by atoms with Gasteiger partial charge in [0.05, 0.1) is 0 Å². The molecule has 2 N–H and O–H groups in total. The Balaban J connectivity index is 0.000000217. The van der Waals surface area contributed by atoms with Crippen LogP contribution < -0.4 is 5.73 Å². The summed E-state index contributed by atoms with van der Waals surface area (Å²) in [6.07, 6.45) is 9.82. The van der Waals surface area contributed by atoms with Gasteiger partial charge in [-0.05, 0) is 18.9 Å². The highest BCUT2D eigenvalue weighted by Crippen LogP contribution is 2.21. The Kier molecular flexibility index (Phi) is 9.02. The van der Waals surface area contributed by atoms with Crippen LogP contribution in [-0.2, 0) is 0 Å². The zero-order valence-electron chi connectivity index (χ0n) is 8.81. The molecule has 0 aromatic carbocycles. The molecular formula is C11H25N. The third-order valence-electron chi connectivity index (χ3n) is 2.45. The number of rotatable bonds is 2. The molecule has 0 spiro atoms. The van der Waals surface area contributed by atoms with Crippen LogP contribution >= 0.6 is 0 Å². The minimum atomic E-state index is 0.844. The molecule has 0 saturated heterocycles. The van der Waals surface area contributed by atoms with E-state index < -0.39 is 0 Å². The van der Waals surface area contributed by atoms with Crippen molar-refractivity contribution in [3.63, 3.8) is 0 Å². The maximum absolute atomic E-state index is 5.14. The summed E-state index contributed by atoms with van der Waals surface area (Å²) in [5.41, 5.74) is 5.14. The predicted octanol–water partition coefficient (Wildman–Crippen LogP) is 3.33. The Bertz CT molecular complexity index is 73.1. The molecule has 1 aliphatic carbocycles. The maximum atomic E-state index is 5.14. The molecule has 0 amide bonds. The summed E-state index contributed by atoms with van der Waals surface area (Å²) in [7, 11) is 0. The van der Waals surface area contributed by atoms with E-state index in [1.54, 1.807) is 0 Å². The molecule has 1 rings (SSSR count). The average molecular weight is 171 g/mol. The lowest BCUT2D eigenvalue weighted by atomic mass is 9.91. The highest BCUT2D eigenvalue weighted by atomic mass is 14.5. The number of unbranched alkanes of at least 4 members (excludes halogenated alkanes) is 1. The fourth-order valence-electron chi connectivity index (χ4n) is 1.51. The Labute approximate surface area is 77.7 Å². The van der Waals surface area contributed by atoms with Gasteiger partial charge in [0.15, 0.2) is 0 Å². The molecule has 0 bridgehead atoms. The highest BCUT2D eigenvalue weighted by molar-refractivity contribution is 4.59. The lowest BCUT2D eigenvalue weighted by molar-refractivity contribution is 0.385. The van der Waals surface area contributed by atoms with Crippen molar-refractivity contribution in [2.45, 2.75) is 58.8 Å². The molecule has 1 fully saturated rings. The van der Waals surface area contributed by atoms with E-state index in [1.807, 2.05) is 0 Å². The van der Waals surface area contributed by atoms with Crippen molar-refractivity contribution < 1.29 is 0 Å². The molecule has 0 aromatic rings. The predicted molar refractivity (Wildman–Crippen MR) is 56.2 cm³/mol. The third kappa shape index (κ3) is 8.06. The van der Waals surface area contributed by atoms with Gasteiger partial charge in [-0.15, -0.1) is 0 Å². The highest BCUT2D eigenvalue weighted by Gasteiger charge is 2.05. The summed E-state index contributed by atoms with van der Waals surface area (Å²) < 4.78 is 0. The summed E-state index contributed by atoms with van der Waals surface area (Å²) in [6.45, 7) is 5.34. The molecule has 0 radical (unpaired) electrons. The zero-order chi connectivity index (χ0) is 9.23. The summed E-state index contributed by atoms with van der Waals surface area (Å²) >= 11 is 0. The number of hydrogen-bond donors (Lipinski definition) is 1. The van der Waals surface area contributed by atoms with Crippen LogP contribution in [0.5, 0.6) is 0 Å². The van der Waals surface area contributed by atoms with Crippen LogP contribution in [0.2, 0.25) is 0 Å². The Morgan fingerprint density at radius 3 is 1.92 bits per heavy atom. The van der Waals surface area contributed by atoms with E-state index in [4.69, 9.17) is 5.73 Å². The second-order valence-corrected chi connectivity index (χ2v) is 3.89. The van der Waals surface area contributed by atoms with Crippen molar-refractivity contribution in [3.05, 3.63) is 0 Å². The Morgan fingerprint density at radius 1 is 1.17 bits per heavy atom. The van der Waals surface area contributed by atoms with Crippen molar-refractivity contribution in [3.8, 4) is 0 Å². The summed E-state index contributed by atoms with van der Waals surface area (Å²) in [6, 6.07) is 0. The summed E-state index contributed by atoms with van der Waals surface area (Å²) in [5.74, 6) is 1.04. The normalized spacial score (nSPS) is 18.2. The van der Waals surface area contributed by atoms with Crippen LogP contribution in [0.1, 0.15) is 58.8 Å². The first-order valence-corrected chi connectivity index (χ1v) is 5.51. The van der Waals surface area contributed by atoms with E-state index in [0.29, 0.717) is 0 Å². The van der Waals surface area contributed by atoms with E-state index in [2.05, 4.69) is 13.8 Å². The van der Waals surface area contributed by atoms with E-state index in [9.17, 15) is 0 Å². The van der Waals surface area contributed by atoms with E-state index in [1.165, 1.54) is 44.9 Å². The first-order chi connectivity index (χ1) is 5.81. The molecule has 1 saturated carbocycles. The van der Waals surface area contributed by atoms with Crippen LogP contribution in [0, 0.1) is 5.92 Å². The molecule has 12 heavy (non-hydrogen) atoms. The van der Waals surface area contributed by atoms with Crippen molar-refractivity contribution in [1.29, 1.82) is 0 Å². The fraction of sp³-hybridized carbons (Fsp3) is 1.00. The molecule has 0 aliphatic heterocycles. The quantitative estimate of drug-likeness (QED) is 0.677. The van der Waals surface area contributed by atoms with Crippen molar-refractivity contribution in [2.24, 2.45) is 11.7 Å². The Morgan fingerprint density at radius 2 is 1.75 bits per heavy atom. The molecule has 1 heteroatoms. The minimum Gasteiger partial charge on any atom is -0.330 e. The molecule has 1 nitrogen and oxygen atoms in total. The van der Waals surface area contributed by atoms with Gasteiger partial charge in [-0.3, -0.25) is 0 Å². The van der Waals surface area contributed by atoms with Gasteiger partial charge in [0.2, 0.25) is 0 Å². The topological polar surface area (TPSA) is 26.0 Å². The van der Waals surface area contributed by atoms with Gasteiger partial charge in [-0.25, -0.2) is 0 Å². The second-order valence-electron chi connectivity index (χ2n) is 3.89. The third-order valence-corrected chi connectivity index (χ3v) is 2.45. The zero-order valence-corrected chi connectivity index (χ0v) is 8.81. The summed E-state index contributed by atoms with van der Waals surface area (Å²) in [5, 5.41) is 0. The first-order valence-electron chi connectivity index (χ1n) is 5.51. The largest absolute Gasteiger partial charge is 0.330 e. The van der Waals surface area contributed by atoms with E-state index in [0.717, 1.165) is 12.5 Å². The van der Waals surface area contributed by atoms with Gasteiger partial charge in [0.1, 0.15) is 0 Å². The lowest BCUT2D eigenvalue weighted by Gasteiger charge is -2.15. The van der Waals surface area contributed by atoms with Crippen LogP contribution in [0.3, 0.4) is 0 Å². The molecule has 1 aliphatic rings. The molecule has 74 valence electrons. The standard InChI is InChI=1S/C7H14.C4H11N/c1-7-5-3-2-4-6-7;1-2-3-4-5/h7H,2-6H2,1H3;2-5H2,1H3.